The van der Waals surface area contributed by atoms with Crippen molar-refractivity contribution in [2.24, 2.45) is 5.73 Å². The summed E-state index contributed by atoms with van der Waals surface area (Å²) < 4.78 is 5.46. The van der Waals surface area contributed by atoms with Gasteiger partial charge in [0.1, 0.15) is 5.75 Å². The van der Waals surface area contributed by atoms with Crippen molar-refractivity contribution in [3.63, 3.8) is 0 Å². The number of hydrogen-bond donors (Lipinski definition) is 1. The first-order valence-electron chi connectivity index (χ1n) is 5.56. The van der Waals surface area contributed by atoms with Gasteiger partial charge in [-0.15, -0.1) is 0 Å². The lowest BCUT2D eigenvalue weighted by atomic mass is 9.82. The molecule has 0 heterocycles. The highest BCUT2D eigenvalue weighted by Crippen LogP contribution is 2.33. The number of nitrogens with two attached hydrogens (primary N) is 1. The Balaban J connectivity index is 3.20. The van der Waals surface area contributed by atoms with Crippen molar-refractivity contribution in [2.75, 3.05) is 13.2 Å². The molecule has 0 bridgehead atoms. The molecule has 2 nitrogen and oxygen atoms in total. The van der Waals surface area contributed by atoms with Crippen molar-refractivity contribution in [3.05, 3.63) is 28.3 Å². The molecule has 0 aliphatic heterocycles. The van der Waals surface area contributed by atoms with E-state index < -0.39 is 0 Å². The molecular formula is C13H20ClNO. The van der Waals surface area contributed by atoms with E-state index in [1.165, 1.54) is 11.1 Å². The lowest BCUT2D eigenvalue weighted by Gasteiger charge is -2.26. The van der Waals surface area contributed by atoms with E-state index in [1.807, 2.05) is 19.1 Å². The molecule has 3 heteroatoms. The maximum absolute atomic E-state index is 6.18. The van der Waals surface area contributed by atoms with Crippen LogP contribution in [0.2, 0.25) is 5.02 Å². The third-order valence-electron chi connectivity index (χ3n) is 2.82. The van der Waals surface area contributed by atoms with Crippen molar-refractivity contribution in [3.8, 4) is 5.75 Å². The fourth-order valence-corrected chi connectivity index (χ4v) is 1.98. The summed E-state index contributed by atoms with van der Waals surface area (Å²) in [5.74, 6) is 0.748. The minimum absolute atomic E-state index is 0.0571. The van der Waals surface area contributed by atoms with E-state index in [9.17, 15) is 0 Å². The fraction of sp³-hybridized carbons (Fsp3) is 0.538. The first-order chi connectivity index (χ1) is 7.42. The smallest absolute Gasteiger partial charge is 0.138 e. The number of aryl methyl sites for hydroxylation is 1. The standard InChI is InChI=1S/C13H20ClNO/c1-5-16-12-6-9(2)10(7-11(12)14)13(3,4)8-15/h6-7H,5,8,15H2,1-4H3. The minimum Gasteiger partial charge on any atom is -0.492 e. The van der Waals surface area contributed by atoms with Gasteiger partial charge in [-0.2, -0.15) is 0 Å². The molecule has 2 N–H and O–H groups in total. The fourth-order valence-electron chi connectivity index (χ4n) is 1.76. The normalized spacial score (nSPS) is 11.6. The van der Waals surface area contributed by atoms with Gasteiger partial charge in [0.2, 0.25) is 0 Å². The van der Waals surface area contributed by atoms with Crippen LogP contribution >= 0.6 is 11.6 Å². The molecule has 0 atom stereocenters. The van der Waals surface area contributed by atoms with Crippen LogP contribution in [0.1, 0.15) is 31.9 Å². The Morgan fingerprint density at radius 3 is 2.50 bits per heavy atom. The molecule has 0 unspecified atom stereocenters. The van der Waals surface area contributed by atoms with Crippen LogP contribution in [-0.2, 0) is 5.41 Å². The Kier molecular flexibility index (Phi) is 4.22. The molecule has 16 heavy (non-hydrogen) atoms. The molecule has 0 amide bonds. The summed E-state index contributed by atoms with van der Waals surface area (Å²) in [6.07, 6.45) is 0. The molecule has 90 valence electrons. The van der Waals surface area contributed by atoms with Gasteiger partial charge in [-0.05, 0) is 37.1 Å². The summed E-state index contributed by atoms with van der Waals surface area (Å²) in [5.41, 5.74) is 8.08. The molecule has 0 saturated heterocycles. The average molecular weight is 242 g/mol. The third kappa shape index (κ3) is 2.69. The second kappa shape index (κ2) is 5.07. The lowest BCUT2D eigenvalue weighted by molar-refractivity contribution is 0.340. The molecule has 1 aromatic rings. The number of halogens is 1. The summed E-state index contributed by atoms with van der Waals surface area (Å²) in [6.45, 7) is 9.46. The minimum atomic E-state index is -0.0571. The highest BCUT2D eigenvalue weighted by molar-refractivity contribution is 6.32. The van der Waals surface area contributed by atoms with Crippen molar-refractivity contribution in [1.29, 1.82) is 0 Å². The summed E-state index contributed by atoms with van der Waals surface area (Å²) in [7, 11) is 0. The Hall–Kier alpha value is -0.730. The van der Waals surface area contributed by atoms with Gasteiger partial charge in [-0.3, -0.25) is 0 Å². The number of benzene rings is 1. The number of ether oxygens (including phenoxy) is 1. The predicted molar refractivity (Wildman–Crippen MR) is 69.4 cm³/mol. The third-order valence-corrected chi connectivity index (χ3v) is 3.11. The van der Waals surface area contributed by atoms with E-state index >= 15 is 0 Å². The molecule has 0 aliphatic rings. The largest absolute Gasteiger partial charge is 0.492 e. The second-order valence-corrected chi connectivity index (χ2v) is 5.03. The van der Waals surface area contributed by atoms with Crippen molar-refractivity contribution >= 4 is 11.6 Å². The summed E-state index contributed by atoms with van der Waals surface area (Å²) in [6, 6.07) is 3.95. The summed E-state index contributed by atoms with van der Waals surface area (Å²) in [5, 5.41) is 0.656. The molecule has 0 fully saturated rings. The Bertz CT molecular complexity index is 374. The van der Waals surface area contributed by atoms with Gasteiger partial charge in [-0.1, -0.05) is 25.4 Å². The molecule has 1 aromatic carbocycles. The van der Waals surface area contributed by atoms with E-state index in [0.29, 0.717) is 18.2 Å². The van der Waals surface area contributed by atoms with Crippen molar-refractivity contribution < 1.29 is 4.74 Å². The van der Waals surface area contributed by atoms with Gasteiger partial charge in [0, 0.05) is 12.0 Å². The highest BCUT2D eigenvalue weighted by Gasteiger charge is 2.22. The maximum atomic E-state index is 6.18. The zero-order valence-electron chi connectivity index (χ0n) is 10.4. The summed E-state index contributed by atoms with van der Waals surface area (Å²) in [4.78, 5) is 0. The zero-order chi connectivity index (χ0) is 12.3. The predicted octanol–water partition coefficient (Wildman–Crippen LogP) is 3.28. The van der Waals surface area contributed by atoms with Crippen molar-refractivity contribution in [1.82, 2.24) is 0 Å². The summed E-state index contributed by atoms with van der Waals surface area (Å²) >= 11 is 6.18. The maximum Gasteiger partial charge on any atom is 0.138 e. The van der Waals surface area contributed by atoms with Gasteiger partial charge in [-0.25, -0.2) is 0 Å². The zero-order valence-corrected chi connectivity index (χ0v) is 11.2. The van der Waals surface area contributed by atoms with Crippen LogP contribution in [0.5, 0.6) is 5.75 Å². The van der Waals surface area contributed by atoms with Crippen LogP contribution in [0.4, 0.5) is 0 Å². The van der Waals surface area contributed by atoms with Gasteiger partial charge >= 0.3 is 0 Å². The van der Waals surface area contributed by atoms with Gasteiger partial charge in [0.15, 0.2) is 0 Å². The van der Waals surface area contributed by atoms with E-state index in [0.717, 1.165) is 5.75 Å². The first-order valence-corrected chi connectivity index (χ1v) is 5.93. The SMILES string of the molecule is CCOc1cc(C)c(C(C)(C)CN)cc1Cl. The Morgan fingerprint density at radius 2 is 2.00 bits per heavy atom. The molecule has 0 radical (unpaired) electrons. The van der Waals surface area contributed by atoms with Gasteiger partial charge < -0.3 is 10.5 Å². The second-order valence-electron chi connectivity index (χ2n) is 4.62. The van der Waals surface area contributed by atoms with E-state index in [-0.39, 0.29) is 5.41 Å². The Morgan fingerprint density at radius 1 is 1.38 bits per heavy atom. The van der Waals surface area contributed by atoms with Crippen molar-refractivity contribution in [2.45, 2.75) is 33.1 Å². The van der Waals surface area contributed by atoms with Gasteiger partial charge in [0.05, 0.1) is 11.6 Å². The van der Waals surface area contributed by atoms with E-state index in [4.69, 9.17) is 22.1 Å². The van der Waals surface area contributed by atoms with E-state index in [2.05, 4.69) is 20.8 Å². The van der Waals surface area contributed by atoms with Crippen LogP contribution in [0, 0.1) is 6.92 Å². The van der Waals surface area contributed by atoms with Crippen LogP contribution in [0.3, 0.4) is 0 Å². The molecule has 1 rings (SSSR count). The van der Waals surface area contributed by atoms with Crippen LogP contribution in [0.15, 0.2) is 12.1 Å². The number of rotatable bonds is 4. The highest BCUT2D eigenvalue weighted by atomic mass is 35.5. The van der Waals surface area contributed by atoms with Crippen LogP contribution < -0.4 is 10.5 Å². The van der Waals surface area contributed by atoms with Crippen LogP contribution in [-0.4, -0.2) is 13.2 Å². The lowest BCUT2D eigenvalue weighted by Crippen LogP contribution is -2.29. The van der Waals surface area contributed by atoms with Gasteiger partial charge in [0.25, 0.3) is 0 Å². The number of hydrogen-bond acceptors (Lipinski definition) is 2. The quantitative estimate of drug-likeness (QED) is 0.878. The molecular weight excluding hydrogens is 222 g/mol. The van der Waals surface area contributed by atoms with Crippen LogP contribution in [0.25, 0.3) is 0 Å². The molecule has 0 spiro atoms. The average Bonchev–Trinajstić information content (AvgIpc) is 2.23. The molecule has 0 aliphatic carbocycles. The molecule has 0 aromatic heterocycles. The topological polar surface area (TPSA) is 35.2 Å². The Labute approximate surface area is 103 Å². The monoisotopic (exact) mass is 241 g/mol. The molecule has 0 saturated carbocycles. The first kappa shape index (κ1) is 13.3. The van der Waals surface area contributed by atoms with E-state index in [1.54, 1.807) is 0 Å².